The molecular weight excluding hydrogens is 238 g/mol. The number of hydrogen-bond acceptors (Lipinski definition) is 4. The van der Waals surface area contributed by atoms with Gasteiger partial charge in [-0.05, 0) is 24.6 Å². The summed E-state index contributed by atoms with van der Waals surface area (Å²) in [4.78, 5) is 4.31. The fourth-order valence-corrected chi connectivity index (χ4v) is 1.84. The number of aliphatic hydroxyl groups excluding tert-OH is 1. The van der Waals surface area contributed by atoms with E-state index in [4.69, 9.17) is 5.26 Å². The molecule has 0 saturated heterocycles. The Kier molecular flexibility index (Phi) is 4.11. The highest BCUT2D eigenvalue weighted by molar-refractivity contribution is 5.53. The summed E-state index contributed by atoms with van der Waals surface area (Å²) in [6, 6.07) is 14.9. The van der Waals surface area contributed by atoms with Gasteiger partial charge in [0, 0.05) is 5.69 Å². The first kappa shape index (κ1) is 13.1. The van der Waals surface area contributed by atoms with E-state index in [-0.39, 0.29) is 12.6 Å². The van der Waals surface area contributed by atoms with Gasteiger partial charge in [-0.15, -0.1) is 0 Å². The predicted octanol–water partition coefficient (Wildman–Crippen LogP) is 2.41. The van der Waals surface area contributed by atoms with Crippen molar-refractivity contribution in [3.63, 3.8) is 0 Å². The van der Waals surface area contributed by atoms with E-state index >= 15 is 0 Å². The van der Waals surface area contributed by atoms with Gasteiger partial charge in [-0.2, -0.15) is 5.26 Å². The molecule has 0 aliphatic rings. The smallest absolute Gasteiger partial charge is 0.144 e. The van der Waals surface area contributed by atoms with Gasteiger partial charge < -0.3 is 10.4 Å². The minimum absolute atomic E-state index is 0.0650. The van der Waals surface area contributed by atoms with E-state index < -0.39 is 0 Å². The van der Waals surface area contributed by atoms with Gasteiger partial charge in [-0.25, -0.2) is 4.98 Å². The minimum atomic E-state index is -0.275. The Hall–Kier alpha value is -2.38. The highest BCUT2D eigenvalue weighted by Gasteiger charge is 2.13. The minimum Gasteiger partial charge on any atom is -0.394 e. The quantitative estimate of drug-likeness (QED) is 0.878. The maximum Gasteiger partial charge on any atom is 0.144 e. The van der Waals surface area contributed by atoms with Crippen LogP contribution < -0.4 is 5.32 Å². The lowest BCUT2D eigenvalue weighted by Crippen LogP contribution is -2.16. The molecule has 1 unspecified atom stereocenters. The van der Waals surface area contributed by atoms with Crippen molar-refractivity contribution >= 4 is 5.82 Å². The average Bonchev–Trinajstić information content (AvgIpc) is 2.46. The topological polar surface area (TPSA) is 68.9 Å². The number of hydrogen-bond donors (Lipinski definition) is 2. The second-order valence-corrected chi connectivity index (χ2v) is 4.25. The second kappa shape index (κ2) is 5.98. The van der Waals surface area contributed by atoms with Crippen molar-refractivity contribution in [3.05, 3.63) is 59.3 Å². The summed E-state index contributed by atoms with van der Waals surface area (Å²) < 4.78 is 0. The number of benzene rings is 1. The number of pyridine rings is 1. The number of aryl methyl sites for hydroxylation is 1. The molecule has 0 radical (unpaired) electrons. The van der Waals surface area contributed by atoms with Gasteiger partial charge in [0.2, 0.25) is 0 Å². The van der Waals surface area contributed by atoms with E-state index in [1.807, 2.05) is 37.3 Å². The van der Waals surface area contributed by atoms with Crippen molar-refractivity contribution in [1.29, 1.82) is 5.26 Å². The normalized spacial score (nSPS) is 11.6. The lowest BCUT2D eigenvalue weighted by Gasteiger charge is -2.18. The summed E-state index contributed by atoms with van der Waals surface area (Å²) in [6.07, 6.45) is 0. The van der Waals surface area contributed by atoms with E-state index in [9.17, 15) is 5.11 Å². The molecule has 1 atom stereocenters. The van der Waals surface area contributed by atoms with Gasteiger partial charge in [0.05, 0.1) is 18.2 Å². The van der Waals surface area contributed by atoms with Crippen LogP contribution in [0.1, 0.15) is 22.9 Å². The molecular formula is C15H15N3O. The number of aliphatic hydroxyl groups is 1. The maximum atomic E-state index is 9.50. The highest BCUT2D eigenvalue weighted by atomic mass is 16.3. The van der Waals surface area contributed by atoms with Crippen LogP contribution in [0.4, 0.5) is 5.82 Å². The molecule has 0 bridgehead atoms. The van der Waals surface area contributed by atoms with E-state index in [2.05, 4.69) is 16.4 Å². The van der Waals surface area contributed by atoms with Gasteiger partial charge in [0.1, 0.15) is 11.9 Å². The fraction of sp³-hybridized carbons (Fsp3) is 0.200. The van der Waals surface area contributed by atoms with Gasteiger partial charge in [-0.3, -0.25) is 0 Å². The van der Waals surface area contributed by atoms with Crippen LogP contribution in [-0.4, -0.2) is 16.7 Å². The van der Waals surface area contributed by atoms with Crippen molar-refractivity contribution < 1.29 is 5.11 Å². The van der Waals surface area contributed by atoms with Crippen LogP contribution in [-0.2, 0) is 0 Å². The highest BCUT2D eigenvalue weighted by Crippen LogP contribution is 2.20. The fourth-order valence-electron chi connectivity index (χ4n) is 1.84. The Balaban J connectivity index is 2.29. The number of nitrogens with zero attached hydrogens (tertiary/aromatic N) is 2. The Morgan fingerprint density at radius 1 is 1.26 bits per heavy atom. The number of rotatable bonds is 4. The van der Waals surface area contributed by atoms with Gasteiger partial charge >= 0.3 is 0 Å². The predicted molar refractivity (Wildman–Crippen MR) is 73.6 cm³/mol. The molecule has 19 heavy (non-hydrogen) atoms. The summed E-state index contributed by atoms with van der Waals surface area (Å²) in [6.45, 7) is 1.80. The third-order valence-corrected chi connectivity index (χ3v) is 2.85. The molecule has 2 aromatic rings. The first-order valence-electron chi connectivity index (χ1n) is 6.04. The zero-order chi connectivity index (χ0) is 13.7. The first-order valence-corrected chi connectivity index (χ1v) is 6.04. The molecule has 0 spiro atoms. The molecule has 2 N–H and O–H groups in total. The third kappa shape index (κ3) is 3.09. The molecule has 0 aliphatic heterocycles. The largest absolute Gasteiger partial charge is 0.394 e. The molecule has 4 heteroatoms. The Bertz CT molecular complexity index is 590. The zero-order valence-corrected chi connectivity index (χ0v) is 10.7. The van der Waals surface area contributed by atoms with Crippen molar-refractivity contribution in [2.45, 2.75) is 13.0 Å². The van der Waals surface area contributed by atoms with Gasteiger partial charge in [0.25, 0.3) is 0 Å². The lowest BCUT2D eigenvalue weighted by molar-refractivity contribution is 0.276. The van der Waals surface area contributed by atoms with E-state index in [1.165, 1.54) is 0 Å². The van der Waals surface area contributed by atoms with Crippen molar-refractivity contribution in [3.8, 4) is 6.07 Å². The lowest BCUT2D eigenvalue weighted by atomic mass is 10.1. The second-order valence-electron chi connectivity index (χ2n) is 4.25. The SMILES string of the molecule is Cc1ccc(C#N)c(NC(CO)c2ccccc2)n1. The van der Waals surface area contributed by atoms with Crippen LogP contribution in [0.5, 0.6) is 0 Å². The Morgan fingerprint density at radius 2 is 2.00 bits per heavy atom. The Morgan fingerprint density at radius 3 is 2.63 bits per heavy atom. The summed E-state index contributed by atoms with van der Waals surface area (Å²) >= 11 is 0. The first-order chi connectivity index (χ1) is 9.24. The van der Waals surface area contributed by atoms with Crippen molar-refractivity contribution in [2.24, 2.45) is 0 Å². The standard InChI is InChI=1S/C15H15N3O/c1-11-7-8-13(9-16)15(17-11)18-14(10-19)12-5-3-2-4-6-12/h2-8,14,19H,10H2,1H3,(H,17,18). The van der Waals surface area contributed by atoms with Crippen molar-refractivity contribution in [2.75, 3.05) is 11.9 Å². The van der Waals surface area contributed by atoms with Crippen molar-refractivity contribution in [1.82, 2.24) is 4.98 Å². The molecule has 4 nitrogen and oxygen atoms in total. The molecule has 1 aromatic heterocycles. The average molecular weight is 253 g/mol. The summed E-state index contributed by atoms with van der Waals surface area (Å²) in [7, 11) is 0. The summed E-state index contributed by atoms with van der Waals surface area (Å²) in [5, 5.41) is 21.7. The van der Waals surface area contributed by atoms with Crippen LogP contribution in [0.3, 0.4) is 0 Å². The van der Waals surface area contributed by atoms with E-state index in [0.717, 1.165) is 11.3 Å². The van der Waals surface area contributed by atoms with Crippen LogP contribution in [0.25, 0.3) is 0 Å². The molecule has 0 saturated carbocycles. The molecule has 0 amide bonds. The molecule has 0 aliphatic carbocycles. The summed E-state index contributed by atoms with van der Waals surface area (Å²) in [5.74, 6) is 0.505. The molecule has 1 heterocycles. The number of nitriles is 1. The third-order valence-electron chi connectivity index (χ3n) is 2.85. The molecule has 2 rings (SSSR count). The van der Waals surface area contributed by atoms with E-state index in [1.54, 1.807) is 12.1 Å². The van der Waals surface area contributed by atoms with Gasteiger partial charge in [-0.1, -0.05) is 30.3 Å². The molecule has 96 valence electrons. The van der Waals surface area contributed by atoms with Crippen LogP contribution in [0, 0.1) is 18.3 Å². The Labute approximate surface area is 112 Å². The number of aromatic nitrogens is 1. The van der Waals surface area contributed by atoms with Crippen LogP contribution in [0.15, 0.2) is 42.5 Å². The number of anilines is 1. The summed E-state index contributed by atoms with van der Waals surface area (Å²) in [5.41, 5.74) is 2.25. The van der Waals surface area contributed by atoms with Crippen LogP contribution in [0.2, 0.25) is 0 Å². The maximum absolute atomic E-state index is 9.50. The monoisotopic (exact) mass is 253 g/mol. The van der Waals surface area contributed by atoms with E-state index in [0.29, 0.717) is 11.4 Å². The number of nitrogens with one attached hydrogen (secondary N) is 1. The zero-order valence-electron chi connectivity index (χ0n) is 10.7. The molecule has 1 aromatic carbocycles. The molecule has 0 fully saturated rings. The van der Waals surface area contributed by atoms with Gasteiger partial charge in [0.15, 0.2) is 0 Å². The van der Waals surface area contributed by atoms with Crippen LogP contribution >= 0.6 is 0 Å².